The van der Waals surface area contributed by atoms with Gasteiger partial charge in [0, 0.05) is 18.6 Å². The molecular formula is C14H16O8S. The molecule has 8 nitrogen and oxygen atoms in total. The van der Waals surface area contributed by atoms with Crippen molar-refractivity contribution in [1.29, 1.82) is 0 Å². The summed E-state index contributed by atoms with van der Waals surface area (Å²) in [7, 11) is -1.77. The Bertz CT molecular complexity index is 834. The number of hydrogen-bond acceptors (Lipinski definition) is 7. The lowest BCUT2D eigenvalue weighted by Gasteiger charge is -2.06. The van der Waals surface area contributed by atoms with Gasteiger partial charge in [0.2, 0.25) is 0 Å². The van der Waals surface area contributed by atoms with Gasteiger partial charge in [-0.25, -0.2) is 4.79 Å². The fourth-order valence-corrected chi connectivity index (χ4v) is 2.78. The monoisotopic (exact) mass is 344 g/mol. The van der Waals surface area contributed by atoms with E-state index >= 15 is 0 Å². The molecule has 0 atom stereocenters. The molecule has 1 N–H and O–H groups in total. The van der Waals surface area contributed by atoms with Gasteiger partial charge in [-0.1, -0.05) is 0 Å². The summed E-state index contributed by atoms with van der Waals surface area (Å²) in [5, 5.41) is 0.328. The number of carbonyl (C=O) groups is 1. The van der Waals surface area contributed by atoms with Gasteiger partial charge in [0.25, 0.3) is 10.1 Å². The average Bonchev–Trinajstić information content (AvgIpc) is 2.80. The summed E-state index contributed by atoms with van der Waals surface area (Å²) < 4.78 is 52.2. The minimum atomic E-state index is -4.50. The smallest absolute Gasteiger partial charge is 0.342 e. The number of aryl methyl sites for hydroxylation is 1. The minimum absolute atomic E-state index is 0.0711. The van der Waals surface area contributed by atoms with E-state index in [1.807, 2.05) is 0 Å². The van der Waals surface area contributed by atoms with Crippen molar-refractivity contribution in [3.8, 4) is 5.75 Å². The zero-order valence-electron chi connectivity index (χ0n) is 12.8. The van der Waals surface area contributed by atoms with Crippen molar-refractivity contribution in [2.75, 3.05) is 27.4 Å². The van der Waals surface area contributed by atoms with E-state index in [1.54, 1.807) is 6.92 Å². The van der Waals surface area contributed by atoms with E-state index in [9.17, 15) is 17.8 Å². The molecule has 126 valence electrons. The lowest BCUT2D eigenvalue weighted by atomic mass is 10.1. The Morgan fingerprint density at radius 2 is 1.96 bits per heavy atom. The Morgan fingerprint density at radius 3 is 2.52 bits per heavy atom. The van der Waals surface area contributed by atoms with E-state index in [1.165, 1.54) is 20.3 Å². The first-order chi connectivity index (χ1) is 10.8. The molecular weight excluding hydrogens is 328 g/mol. The Kier molecular flexibility index (Phi) is 4.93. The minimum Gasteiger partial charge on any atom is -0.495 e. The van der Waals surface area contributed by atoms with E-state index < -0.39 is 21.0 Å². The van der Waals surface area contributed by atoms with Gasteiger partial charge in [0.1, 0.15) is 34.2 Å². The summed E-state index contributed by atoms with van der Waals surface area (Å²) in [6.07, 6.45) is 0. The third-order valence-corrected chi connectivity index (χ3v) is 4.03. The molecule has 0 bridgehead atoms. The van der Waals surface area contributed by atoms with Crippen LogP contribution in [0.4, 0.5) is 0 Å². The molecule has 0 saturated heterocycles. The molecule has 1 aromatic heterocycles. The second kappa shape index (κ2) is 6.57. The SMILES string of the molecule is COCCOC(=O)c1c(C)oc2cc(S(=O)(=O)O)c(OC)cc12. The molecule has 9 heteroatoms. The highest BCUT2D eigenvalue weighted by Crippen LogP contribution is 2.34. The number of carbonyl (C=O) groups excluding carboxylic acids is 1. The molecule has 0 aliphatic rings. The van der Waals surface area contributed by atoms with E-state index in [0.717, 1.165) is 6.07 Å². The summed E-state index contributed by atoms with van der Waals surface area (Å²) in [4.78, 5) is 11.7. The first kappa shape index (κ1) is 17.3. The molecule has 0 fully saturated rings. The molecule has 0 radical (unpaired) electrons. The molecule has 0 amide bonds. The maximum Gasteiger partial charge on any atom is 0.342 e. The quantitative estimate of drug-likeness (QED) is 0.479. The van der Waals surface area contributed by atoms with Crippen molar-refractivity contribution in [3.05, 3.63) is 23.5 Å². The predicted molar refractivity (Wildman–Crippen MR) is 79.5 cm³/mol. The van der Waals surface area contributed by atoms with Crippen molar-refractivity contribution in [1.82, 2.24) is 0 Å². The maximum absolute atomic E-state index is 12.2. The number of benzene rings is 1. The predicted octanol–water partition coefficient (Wildman–Crippen LogP) is 1.80. The van der Waals surface area contributed by atoms with Gasteiger partial charge in [-0.05, 0) is 13.0 Å². The lowest BCUT2D eigenvalue weighted by Crippen LogP contribution is -2.10. The van der Waals surface area contributed by atoms with Gasteiger partial charge in [-0.3, -0.25) is 4.55 Å². The number of hydrogen-bond donors (Lipinski definition) is 1. The van der Waals surface area contributed by atoms with Crippen LogP contribution in [0.15, 0.2) is 21.4 Å². The first-order valence-corrected chi connectivity index (χ1v) is 7.98. The summed E-state index contributed by atoms with van der Waals surface area (Å²) in [5.41, 5.74) is 0.283. The molecule has 0 aliphatic carbocycles. The zero-order chi connectivity index (χ0) is 17.2. The van der Waals surface area contributed by atoms with Gasteiger partial charge in [0.05, 0.1) is 13.7 Å². The van der Waals surface area contributed by atoms with Crippen LogP contribution in [0, 0.1) is 6.92 Å². The largest absolute Gasteiger partial charge is 0.495 e. The first-order valence-electron chi connectivity index (χ1n) is 6.54. The van der Waals surface area contributed by atoms with Crippen molar-refractivity contribution in [2.24, 2.45) is 0 Å². The van der Waals surface area contributed by atoms with Crippen molar-refractivity contribution >= 4 is 27.1 Å². The van der Waals surface area contributed by atoms with Crippen LogP contribution in [-0.2, 0) is 19.6 Å². The van der Waals surface area contributed by atoms with Gasteiger partial charge >= 0.3 is 5.97 Å². The fraction of sp³-hybridized carbons (Fsp3) is 0.357. The molecule has 23 heavy (non-hydrogen) atoms. The van der Waals surface area contributed by atoms with Crippen LogP contribution in [0.3, 0.4) is 0 Å². The van der Waals surface area contributed by atoms with Gasteiger partial charge in [0.15, 0.2) is 0 Å². The third-order valence-electron chi connectivity index (χ3n) is 3.15. The highest BCUT2D eigenvalue weighted by molar-refractivity contribution is 7.86. The number of esters is 1. The molecule has 1 aromatic carbocycles. The van der Waals surface area contributed by atoms with Crippen molar-refractivity contribution < 1.29 is 36.4 Å². The van der Waals surface area contributed by atoms with Gasteiger partial charge < -0.3 is 18.6 Å². The maximum atomic E-state index is 12.2. The summed E-state index contributed by atoms with van der Waals surface area (Å²) in [5.74, 6) is -0.469. The molecule has 2 rings (SSSR count). The average molecular weight is 344 g/mol. The van der Waals surface area contributed by atoms with Crippen LogP contribution in [0.25, 0.3) is 11.0 Å². The summed E-state index contributed by atoms with van der Waals surface area (Å²) in [6.45, 7) is 1.87. The van der Waals surface area contributed by atoms with Gasteiger partial charge in [-0.15, -0.1) is 0 Å². The molecule has 0 aliphatic heterocycles. The highest BCUT2D eigenvalue weighted by atomic mass is 32.2. The topological polar surface area (TPSA) is 112 Å². The number of rotatable bonds is 6. The van der Waals surface area contributed by atoms with Gasteiger partial charge in [-0.2, -0.15) is 8.42 Å². The molecule has 1 heterocycles. The van der Waals surface area contributed by atoms with E-state index in [0.29, 0.717) is 5.39 Å². The summed E-state index contributed by atoms with van der Waals surface area (Å²) >= 11 is 0. The highest BCUT2D eigenvalue weighted by Gasteiger charge is 2.25. The Labute approximate surface area is 132 Å². The van der Waals surface area contributed by atoms with E-state index in [2.05, 4.69) is 0 Å². The fourth-order valence-electron chi connectivity index (χ4n) is 2.13. The van der Waals surface area contributed by atoms with Crippen LogP contribution < -0.4 is 4.74 Å². The number of fused-ring (bicyclic) bond motifs is 1. The summed E-state index contributed by atoms with van der Waals surface area (Å²) in [6, 6.07) is 2.41. The number of furan rings is 1. The zero-order valence-corrected chi connectivity index (χ0v) is 13.6. The normalized spacial score (nSPS) is 11.7. The van der Waals surface area contributed by atoms with Crippen LogP contribution in [-0.4, -0.2) is 46.4 Å². The Balaban J connectivity index is 2.56. The molecule has 0 unspecified atom stereocenters. The number of methoxy groups -OCH3 is 2. The van der Waals surface area contributed by atoms with Crippen LogP contribution in [0.5, 0.6) is 5.75 Å². The Hall–Kier alpha value is -2.10. The van der Waals surface area contributed by atoms with Crippen molar-refractivity contribution in [2.45, 2.75) is 11.8 Å². The third kappa shape index (κ3) is 3.46. The van der Waals surface area contributed by atoms with Crippen LogP contribution in [0.2, 0.25) is 0 Å². The number of ether oxygens (including phenoxy) is 3. The standard InChI is InChI=1S/C14H16O8S/c1-8-13(14(15)21-5-4-19-2)9-6-11(20-3)12(23(16,17)18)7-10(9)22-8/h6-7H,4-5H2,1-3H3,(H,16,17,18). The molecule has 0 saturated carbocycles. The van der Waals surface area contributed by atoms with Crippen molar-refractivity contribution in [3.63, 3.8) is 0 Å². The van der Waals surface area contributed by atoms with Crippen LogP contribution in [0.1, 0.15) is 16.1 Å². The Morgan fingerprint density at radius 1 is 1.26 bits per heavy atom. The van der Waals surface area contributed by atoms with E-state index in [-0.39, 0.29) is 35.9 Å². The second-order valence-corrected chi connectivity index (χ2v) is 6.03. The lowest BCUT2D eigenvalue weighted by molar-refractivity contribution is 0.0388. The molecule has 0 spiro atoms. The van der Waals surface area contributed by atoms with E-state index in [4.69, 9.17) is 18.6 Å². The van der Waals surface area contributed by atoms with Crippen LogP contribution >= 0.6 is 0 Å². The second-order valence-electron chi connectivity index (χ2n) is 4.64. The molecule has 2 aromatic rings.